The number of carboxylic acids is 1. The predicted octanol–water partition coefficient (Wildman–Crippen LogP) is 3.44. The summed E-state index contributed by atoms with van der Waals surface area (Å²) in [6.07, 6.45) is 9.61. The van der Waals surface area contributed by atoms with E-state index in [1.807, 2.05) is 12.1 Å². The van der Waals surface area contributed by atoms with E-state index in [2.05, 4.69) is 30.4 Å². The Morgan fingerprint density at radius 2 is 1.94 bits per heavy atom. The molecule has 2 heteroatoms. The normalized spacial score (nSPS) is 14.5. The number of aliphatic carboxylic acids is 1. The summed E-state index contributed by atoms with van der Waals surface area (Å²) in [5.41, 5.74) is 3.55. The van der Waals surface area contributed by atoms with Crippen LogP contribution in [0.4, 0.5) is 0 Å². The first-order valence-electron chi connectivity index (χ1n) is 5.93. The van der Waals surface area contributed by atoms with Crippen molar-refractivity contribution in [3.05, 3.63) is 53.6 Å². The first-order chi connectivity index (χ1) is 8.25. The van der Waals surface area contributed by atoms with Crippen LogP contribution < -0.4 is 0 Å². The first-order valence-corrected chi connectivity index (χ1v) is 5.93. The molecule has 1 aromatic carbocycles. The summed E-state index contributed by atoms with van der Waals surface area (Å²) < 4.78 is 0. The number of hydrogen-bond donors (Lipinski definition) is 1. The highest BCUT2D eigenvalue weighted by molar-refractivity contribution is 5.74. The Morgan fingerprint density at radius 1 is 1.18 bits per heavy atom. The first kappa shape index (κ1) is 11.6. The maximum absolute atomic E-state index is 10.5. The molecule has 0 amide bonds. The van der Waals surface area contributed by atoms with Gasteiger partial charge in [-0.15, -0.1) is 0 Å². The lowest BCUT2D eigenvalue weighted by molar-refractivity contribution is -0.136. The Morgan fingerprint density at radius 3 is 2.53 bits per heavy atom. The molecule has 0 aliphatic heterocycles. The van der Waals surface area contributed by atoms with Gasteiger partial charge in [0.25, 0.3) is 0 Å². The smallest absolute Gasteiger partial charge is 0.303 e. The van der Waals surface area contributed by atoms with Gasteiger partial charge in [0.1, 0.15) is 0 Å². The van der Waals surface area contributed by atoms with Crippen molar-refractivity contribution in [3.63, 3.8) is 0 Å². The highest BCUT2D eigenvalue weighted by atomic mass is 16.4. The minimum absolute atomic E-state index is 0.196. The molecule has 17 heavy (non-hydrogen) atoms. The molecular formula is C15H16O2. The van der Waals surface area contributed by atoms with Gasteiger partial charge in [-0.3, -0.25) is 4.79 Å². The van der Waals surface area contributed by atoms with Crippen LogP contribution >= 0.6 is 0 Å². The van der Waals surface area contributed by atoms with Crippen molar-refractivity contribution in [2.45, 2.75) is 25.7 Å². The van der Waals surface area contributed by atoms with E-state index in [4.69, 9.17) is 5.11 Å². The van der Waals surface area contributed by atoms with E-state index in [9.17, 15) is 4.79 Å². The molecule has 0 radical (unpaired) electrons. The fourth-order valence-electron chi connectivity index (χ4n) is 1.94. The van der Waals surface area contributed by atoms with Crippen molar-refractivity contribution in [1.29, 1.82) is 0 Å². The molecule has 0 saturated heterocycles. The van der Waals surface area contributed by atoms with E-state index in [1.165, 1.54) is 11.1 Å². The Labute approximate surface area is 101 Å². The predicted molar refractivity (Wildman–Crippen MR) is 68.7 cm³/mol. The molecule has 0 spiro atoms. The van der Waals surface area contributed by atoms with Crippen LogP contribution in [0.15, 0.2) is 42.5 Å². The summed E-state index contributed by atoms with van der Waals surface area (Å²) in [6.45, 7) is 0. The molecule has 0 atom stereocenters. The maximum atomic E-state index is 10.5. The van der Waals surface area contributed by atoms with Gasteiger partial charge in [0.2, 0.25) is 0 Å². The summed E-state index contributed by atoms with van der Waals surface area (Å²) in [6, 6.07) is 8.17. The van der Waals surface area contributed by atoms with E-state index in [-0.39, 0.29) is 6.42 Å². The third kappa shape index (κ3) is 3.31. The van der Waals surface area contributed by atoms with E-state index in [0.717, 1.165) is 18.4 Å². The maximum Gasteiger partial charge on any atom is 0.303 e. The average molecular weight is 228 g/mol. The molecule has 0 bridgehead atoms. The number of rotatable bonds is 4. The number of benzene rings is 1. The number of allylic oxidation sites excluding steroid dienone is 4. The van der Waals surface area contributed by atoms with Crippen molar-refractivity contribution < 1.29 is 9.90 Å². The van der Waals surface area contributed by atoms with Gasteiger partial charge in [-0.05, 0) is 36.0 Å². The van der Waals surface area contributed by atoms with Crippen LogP contribution in [0.1, 0.15) is 30.4 Å². The van der Waals surface area contributed by atoms with E-state index in [0.29, 0.717) is 6.42 Å². The summed E-state index contributed by atoms with van der Waals surface area (Å²) in [7, 11) is 0. The van der Waals surface area contributed by atoms with Crippen molar-refractivity contribution in [1.82, 2.24) is 0 Å². The second-order valence-corrected chi connectivity index (χ2v) is 4.23. The van der Waals surface area contributed by atoms with E-state index < -0.39 is 5.97 Å². The van der Waals surface area contributed by atoms with Gasteiger partial charge >= 0.3 is 5.97 Å². The van der Waals surface area contributed by atoms with Crippen molar-refractivity contribution in [2.24, 2.45) is 0 Å². The largest absolute Gasteiger partial charge is 0.481 e. The lowest BCUT2D eigenvalue weighted by atomic mass is 9.98. The van der Waals surface area contributed by atoms with Crippen LogP contribution in [-0.2, 0) is 11.2 Å². The van der Waals surface area contributed by atoms with Crippen LogP contribution in [0.5, 0.6) is 0 Å². The van der Waals surface area contributed by atoms with Crippen LogP contribution in [0.3, 0.4) is 0 Å². The number of carboxylic acid groups (broad SMARTS) is 1. The number of carbonyl (C=O) groups is 1. The van der Waals surface area contributed by atoms with Crippen molar-refractivity contribution in [3.8, 4) is 0 Å². The molecule has 1 N–H and O–H groups in total. The summed E-state index contributed by atoms with van der Waals surface area (Å²) in [5.74, 6) is -0.744. The molecule has 0 saturated carbocycles. The van der Waals surface area contributed by atoms with Crippen LogP contribution in [0.25, 0.3) is 5.57 Å². The second kappa shape index (κ2) is 5.48. The van der Waals surface area contributed by atoms with Gasteiger partial charge in [0.05, 0.1) is 0 Å². The molecule has 0 heterocycles. The number of hydrogen-bond acceptors (Lipinski definition) is 1. The molecule has 1 aromatic rings. The zero-order chi connectivity index (χ0) is 12.1. The Kier molecular flexibility index (Phi) is 3.76. The minimum atomic E-state index is -0.744. The van der Waals surface area contributed by atoms with Gasteiger partial charge in [-0.25, -0.2) is 0 Å². The molecule has 1 aliphatic carbocycles. The highest BCUT2D eigenvalue weighted by Crippen LogP contribution is 2.21. The fraction of sp³-hybridized carbons (Fsp3) is 0.267. The molecular weight excluding hydrogens is 212 g/mol. The number of aryl methyl sites for hydroxylation is 1. The van der Waals surface area contributed by atoms with Crippen LogP contribution in [-0.4, -0.2) is 11.1 Å². The minimum Gasteiger partial charge on any atom is -0.481 e. The van der Waals surface area contributed by atoms with E-state index >= 15 is 0 Å². The Balaban J connectivity index is 2.05. The molecule has 2 nitrogen and oxygen atoms in total. The zero-order valence-electron chi connectivity index (χ0n) is 9.73. The monoisotopic (exact) mass is 228 g/mol. The quantitative estimate of drug-likeness (QED) is 0.857. The highest BCUT2D eigenvalue weighted by Gasteiger charge is 2.02. The Bertz CT molecular complexity index is 452. The topological polar surface area (TPSA) is 37.3 Å². The third-order valence-electron chi connectivity index (χ3n) is 2.91. The Hall–Kier alpha value is -1.83. The van der Waals surface area contributed by atoms with Gasteiger partial charge < -0.3 is 5.11 Å². The standard InChI is InChI=1S/C15H16O2/c16-15(17)11-8-12-6-9-14(10-7-12)13-4-2-1-3-5-13/h2,4-7,9-10H,1,3,8,11H2,(H,16,17). The van der Waals surface area contributed by atoms with Crippen molar-refractivity contribution in [2.75, 3.05) is 0 Å². The lowest BCUT2D eigenvalue weighted by Crippen LogP contribution is -1.97. The molecule has 1 aliphatic rings. The van der Waals surface area contributed by atoms with Crippen LogP contribution in [0.2, 0.25) is 0 Å². The van der Waals surface area contributed by atoms with Gasteiger partial charge in [-0.2, -0.15) is 0 Å². The molecule has 0 unspecified atom stereocenters. The molecule has 0 fully saturated rings. The average Bonchev–Trinajstić information content (AvgIpc) is 2.38. The van der Waals surface area contributed by atoms with Gasteiger partial charge in [-0.1, -0.05) is 42.5 Å². The summed E-state index contributed by atoms with van der Waals surface area (Å²) in [4.78, 5) is 10.5. The van der Waals surface area contributed by atoms with E-state index in [1.54, 1.807) is 0 Å². The lowest BCUT2D eigenvalue weighted by Gasteiger charge is -2.08. The van der Waals surface area contributed by atoms with Crippen LogP contribution in [0, 0.1) is 0 Å². The van der Waals surface area contributed by atoms with Gasteiger partial charge in [0.15, 0.2) is 0 Å². The summed E-state index contributed by atoms with van der Waals surface area (Å²) >= 11 is 0. The second-order valence-electron chi connectivity index (χ2n) is 4.23. The SMILES string of the molecule is O=C(O)CCc1ccc(C2=CCCC=C2)cc1. The molecule has 0 aromatic heterocycles. The van der Waals surface area contributed by atoms with Gasteiger partial charge in [0, 0.05) is 6.42 Å². The third-order valence-corrected chi connectivity index (χ3v) is 2.91. The van der Waals surface area contributed by atoms with Crippen molar-refractivity contribution >= 4 is 11.5 Å². The molecule has 88 valence electrons. The zero-order valence-corrected chi connectivity index (χ0v) is 9.73. The molecule has 2 rings (SSSR count). The summed E-state index contributed by atoms with van der Waals surface area (Å²) in [5, 5.41) is 8.61. The fourth-order valence-corrected chi connectivity index (χ4v) is 1.94.